The number of H-pyrrole nitrogens is 1. The number of imidazole rings is 1. The maximum absolute atomic E-state index is 12.4. The van der Waals surface area contributed by atoms with Gasteiger partial charge >= 0.3 is 5.97 Å². The molecule has 0 aliphatic heterocycles. The molecule has 0 saturated heterocycles. The lowest BCUT2D eigenvalue weighted by Crippen LogP contribution is -2.35. The summed E-state index contributed by atoms with van der Waals surface area (Å²) >= 11 is 3.45. The molecule has 0 unspecified atom stereocenters. The van der Waals surface area contributed by atoms with Gasteiger partial charge in [0.15, 0.2) is 0 Å². The van der Waals surface area contributed by atoms with Crippen molar-refractivity contribution in [2.24, 2.45) is 0 Å². The number of nitrogens with zero attached hydrogens (tertiary/aromatic N) is 1. The van der Waals surface area contributed by atoms with Gasteiger partial charge in [0.1, 0.15) is 11.2 Å². The smallest absolute Gasteiger partial charge is 0.319 e. The summed E-state index contributed by atoms with van der Waals surface area (Å²) in [6.07, 6.45) is 3.71. The fourth-order valence-corrected chi connectivity index (χ4v) is 3.35. The summed E-state index contributed by atoms with van der Waals surface area (Å²) in [6, 6.07) is 5.89. The second kappa shape index (κ2) is 5.20. The maximum atomic E-state index is 12.4. The van der Waals surface area contributed by atoms with Crippen molar-refractivity contribution in [2.75, 3.05) is 6.61 Å². The SMILES string of the molecule is CCOC(=O)C1(c2nc3ccc(Br)cc3[nH]2)CCCC1. The van der Waals surface area contributed by atoms with E-state index in [0.717, 1.165) is 47.0 Å². The predicted octanol–water partition coefficient (Wildman–Crippen LogP) is 3.70. The minimum absolute atomic E-state index is 0.143. The number of carbonyl (C=O) groups is 1. The van der Waals surface area contributed by atoms with Crippen LogP contribution in [0.2, 0.25) is 0 Å². The number of aromatic nitrogens is 2. The molecule has 5 heteroatoms. The van der Waals surface area contributed by atoms with Crippen LogP contribution in [0.4, 0.5) is 0 Å². The number of carbonyl (C=O) groups excluding carboxylic acids is 1. The molecule has 1 aliphatic carbocycles. The Morgan fingerprint density at radius 2 is 2.20 bits per heavy atom. The number of fused-ring (bicyclic) bond motifs is 1. The van der Waals surface area contributed by atoms with E-state index in [1.54, 1.807) is 0 Å². The van der Waals surface area contributed by atoms with Gasteiger partial charge in [0, 0.05) is 4.47 Å². The highest BCUT2D eigenvalue weighted by Gasteiger charge is 2.46. The molecule has 2 aromatic rings. The molecule has 1 heterocycles. The van der Waals surface area contributed by atoms with Crippen LogP contribution in [-0.4, -0.2) is 22.5 Å². The van der Waals surface area contributed by atoms with Crippen molar-refractivity contribution >= 4 is 32.9 Å². The Morgan fingerprint density at radius 3 is 2.90 bits per heavy atom. The van der Waals surface area contributed by atoms with Gasteiger partial charge < -0.3 is 9.72 Å². The predicted molar refractivity (Wildman–Crippen MR) is 80.6 cm³/mol. The van der Waals surface area contributed by atoms with Crippen molar-refractivity contribution in [3.63, 3.8) is 0 Å². The van der Waals surface area contributed by atoms with Gasteiger partial charge in [-0.2, -0.15) is 0 Å². The molecule has 1 N–H and O–H groups in total. The summed E-state index contributed by atoms with van der Waals surface area (Å²) in [5.74, 6) is 0.608. The van der Waals surface area contributed by atoms with E-state index in [0.29, 0.717) is 6.61 Å². The summed E-state index contributed by atoms with van der Waals surface area (Å²) in [6.45, 7) is 2.25. The number of benzene rings is 1. The number of aromatic amines is 1. The number of ether oxygens (including phenoxy) is 1. The third-order valence-corrected chi connectivity index (χ3v) is 4.51. The summed E-state index contributed by atoms with van der Waals surface area (Å²) in [5, 5.41) is 0. The first-order valence-corrected chi connectivity index (χ1v) is 7.78. The van der Waals surface area contributed by atoms with E-state index >= 15 is 0 Å². The van der Waals surface area contributed by atoms with Crippen molar-refractivity contribution in [1.82, 2.24) is 9.97 Å². The highest BCUT2D eigenvalue weighted by Crippen LogP contribution is 2.41. The lowest BCUT2D eigenvalue weighted by Gasteiger charge is -2.23. The van der Waals surface area contributed by atoms with Gasteiger partial charge in [-0.1, -0.05) is 28.8 Å². The molecule has 4 nitrogen and oxygen atoms in total. The summed E-state index contributed by atoms with van der Waals surface area (Å²) < 4.78 is 6.29. The molecule has 0 spiro atoms. The van der Waals surface area contributed by atoms with Gasteiger partial charge in [0.05, 0.1) is 17.6 Å². The topological polar surface area (TPSA) is 55.0 Å². The Hall–Kier alpha value is -1.36. The highest BCUT2D eigenvalue weighted by molar-refractivity contribution is 9.10. The molecule has 1 saturated carbocycles. The van der Waals surface area contributed by atoms with Gasteiger partial charge in [-0.3, -0.25) is 4.79 Å². The summed E-state index contributed by atoms with van der Waals surface area (Å²) in [4.78, 5) is 20.4. The monoisotopic (exact) mass is 336 g/mol. The Labute approximate surface area is 126 Å². The highest BCUT2D eigenvalue weighted by atomic mass is 79.9. The van der Waals surface area contributed by atoms with Crippen molar-refractivity contribution in [1.29, 1.82) is 0 Å². The van der Waals surface area contributed by atoms with E-state index < -0.39 is 5.41 Å². The van der Waals surface area contributed by atoms with E-state index in [4.69, 9.17) is 4.74 Å². The van der Waals surface area contributed by atoms with Gasteiger partial charge in [-0.15, -0.1) is 0 Å². The lowest BCUT2D eigenvalue weighted by molar-refractivity contribution is -0.150. The molecule has 3 rings (SSSR count). The van der Waals surface area contributed by atoms with Crippen LogP contribution >= 0.6 is 15.9 Å². The fourth-order valence-electron chi connectivity index (χ4n) is 2.99. The van der Waals surface area contributed by atoms with Crippen LogP contribution in [0.5, 0.6) is 0 Å². The van der Waals surface area contributed by atoms with Crippen LogP contribution in [0, 0.1) is 0 Å². The molecule has 1 aromatic carbocycles. The molecule has 20 heavy (non-hydrogen) atoms. The van der Waals surface area contributed by atoms with Crippen LogP contribution in [0.3, 0.4) is 0 Å². The van der Waals surface area contributed by atoms with Crippen molar-refractivity contribution in [3.8, 4) is 0 Å². The van der Waals surface area contributed by atoms with E-state index in [1.165, 1.54) is 0 Å². The zero-order chi connectivity index (χ0) is 14.2. The Morgan fingerprint density at radius 1 is 1.45 bits per heavy atom. The number of rotatable bonds is 3. The first-order chi connectivity index (χ1) is 9.65. The van der Waals surface area contributed by atoms with Crippen molar-refractivity contribution in [3.05, 3.63) is 28.5 Å². The van der Waals surface area contributed by atoms with Gasteiger partial charge in [0.2, 0.25) is 0 Å². The van der Waals surface area contributed by atoms with Crippen LogP contribution in [0.25, 0.3) is 11.0 Å². The first kappa shape index (κ1) is 13.6. The molecular formula is C15H17BrN2O2. The zero-order valence-corrected chi connectivity index (χ0v) is 13.0. The molecule has 106 valence electrons. The summed E-state index contributed by atoms with van der Waals surface area (Å²) in [5.41, 5.74) is 1.25. The van der Waals surface area contributed by atoms with Crippen LogP contribution in [0.1, 0.15) is 38.4 Å². The van der Waals surface area contributed by atoms with Crippen LogP contribution < -0.4 is 0 Å². The Balaban J connectivity index is 2.07. The molecular weight excluding hydrogens is 320 g/mol. The molecule has 0 amide bonds. The molecule has 1 fully saturated rings. The molecule has 0 radical (unpaired) electrons. The van der Waals surface area contributed by atoms with Gasteiger partial charge in [-0.05, 0) is 38.0 Å². The lowest BCUT2D eigenvalue weighted by atomic mass is 9.85. The molecule has 1 aromatic heterocycles. The van der Waals surface area contributed by atoms with E-state index in [2.05, 4.69) is 25.9 Å². The van der Waals surface area contributed by atoms with Gasteiger partial charge in [-0.25, -0.2) is 4.98 Å². The van der Waals surface area contributed by atoms with Crippen LogP contribution in [0.15, 0.2) is 22.7 Å². The Bertz CT molecular complexity index is 644. The molecule has 1 aliphatic rings. The minimum Gasteiger partial charge on any atom is -0.465 e. The largest absolute Gasteiger partial charge is 0.465 e. The third-order valence-electron chi connectivity index (χ3n) is 4.02. The maximum Gasteiger partial charge on any atom is 0.319 e. The molecule has 0 atom stereocenters. The second-order valence-electron chi connectivity index (χ2n) is 5.26. The summed E-state index contributed by atoms with van der Waals surface area (Å²) in [7, 11) is 0. The van der Waals surface area contributed by atoms with Crippen molar-refractivity contribution < 1.29 is 9.53 Å². The zero-order valence-electron chi connectivity index (χ0n) is 11.4. The van der Waals surface area contributed by atoms with Crippen LogP contribution in [-0.2, 0) is 14.9 Å². The van der Waals surface area contributed by atoms with Gasteiger partial charge in [0.25, 0.3) is 0 Å². The number of halogens is 1. The number of nitrogens with one attached hydrogen (secondary N) is 1. The average Bonchev–Trinajstić information content (AvgIpc) is 3.05. The normalized spacial score (nSPS) is 17.5. The molecule has 0 bridgehead atoms. The Kier molecular flexibility index (Phi) is 3.54. The number of hydrogen-bond acceptors (Lipinski definition) is 3. The minimum atomic E-state index is -0.582. The van der Waals surface area contributed by atoms with E-state index in [9.17, 15) is 4.79 Å². The van der Waals surface area contributed by atoms with Crippen molar-refractivity contribution in [2.45, 2.75) is 38.0 Å². The number of esters is 1. The second-order valence-corrected chi connectivity index (χ2v) is 6.17. The van der Waals surface area contributed by atoms with E-state index in [-0.39, 0.29) is 5.97 Å². The quantitative estimate of drug-likeness (QED) is 0.869. The third kappa shape index (κ3) is 2.14. The standard InChI is InChI=1S/C15H17BrN2O2/c1-2-20-14(19)15(7-3-4-8-15)13-17-11-6-5-10(16)9-12(11)18-13/h5-6,9H,2-4,7-8H2,1H3,(H,17,18). The average molecular weight is 337 g/mol. The fraction of sp³-hybridized carbons (Fsp3) is 0.467. The first-order valence-electron chi connectivity index (χ1n) is 6.99. The number of hydrogen-bond donors (Lipinski definition) is 1. The van der Waals surface area contributed by atoms with E-state index in [1.807, 2.05) is 25.1 Å².